The van der Waals surface area contributed by atoms with Crippen LogP contribution in [0.25, 0.3) is 11.0 Å². The van der Waals surface area contributed by atoms with Crippen LogP contribution >= 0.6 is 0 Å². The minimum Gasteiger partial charge on any atom is -0.378 e. The van der Waals surface area contributed by atoms with Gasteiger partial charge in [-0.15, -0.1) is 0 Å². The van der Waals surface area contributed by atoms with Gasteiger partial charge in [0.2, 0.25) is 0 Å². The van der Waals surface area contributed by atoms with Crippen LogP contribution in [-0.2, 0) is 0 Å². The molecule has 1 saturated heterocycles. The number of pyridine rings is 1. The third kappa shape index (κ3) is 3.62. The molecule has 2 aliphatic rings. The first-order valence-corrected chi connectivity index (χ1v) is 10.7. The maximum atomic E-state index is 13.1. The average molecular weight is 419 g/mol. The van der Waals surface area contributed by atoms with E-state index in [4.69, 9.17) is 0 Å². The highest BCUT2D eigenvalue weighted by Gasteiger charge is 2.44. The number of H-pyrrole nitrogens is 1. The van der Waals surface area contributed by atoms with Gasteiger partial charge >= 0.3 is 0 Å². The zero-order chi connectivity index (χ0) is 21.5. The Morgan fingerprint density at radius 2 is 1.90 bits per heavy atom. The molecule has 1 aliphatic carbocycles. The molecule has 8 nitrogen and oxygen atoms in total. The fourth-order valence-electron chi connectivity index (χ4n) is 4.90. The number of hydrogen-bond acceptors (Lipinski definition) is 5. The van der Waals surface area contributed by atoms with Gasteiger partial charge in [0.1, 0.15) is 5.69 Å². The summed E-state index contributed by atoms with van der Waals surface area (Å²) >= 11 is 0. The summed E-state index contributed by atoms with van der Waals surface area (Å²) in [5.74, 6) is 0.424. The van der Waals surface area contributed by atoms with Gasteiger partial charge in [0.15, 0.2) is 5.65 Å². The van der Waals surface area contributed by atoms with Gasteiger partial charge in [-0.1, -0.05) is 6.07 Å². The molecule has 2 amide bonds. The maximum absolute atomic E-state index is 13.1. The molecular weight excluding hydrogens is 392 g/mol. The summed E-state index contributed by atoms with van der Waals surface area (Å²) in [6.45, 7) is 1.33. The fourth-order valence-corrected chi connectivity index (χ4v) is 4.90. The van der Waals surface area contributed by atoms with Gasteiger partial charge in [-0.3, -0.25) is 14.7 Å². The van der Waals surface area contributed by atoms with E-state index in [0.29, 0.717) is 30.0 Å². The number of anilines is 1. The number of carbonyl (C=O) groups is 2. The molecule has 0 spiro atoms. The number of fused-ring (bicyclic) bond motifs is 3. The molecule has 5 rings (SSSR count). The van der Waals surface area contributed by atoms with Crippen LogP contribution in [0, 0.1) is 11.8 Å². The van der Waals surface area contributed by atoms with E-state index in [0.717, 1.165) is 23.9 Å². The summed E-state index contributed by atoms with van der Waals surface area (Å²) in [4.78, 5) is 34.3. The molecule has 160 valence electrons. The molecule has 0 radical (unpaired) electrons. The molecule has 2 N–H and O–H groups in total. The van der Waals surface area contributed by atoms with Crippen molar-refractivity contribution in [2.75, 3.05) is 32.1 Å². The molecule has 3 atom stereocenters. The van der Waals surface area contributed by atoms with Crippen LogP contribution in [0.15, 0.2) is 42.6 Å². The molecule has 1 saturated carbocycles. The van der Waals surface area contributed by atoms with Crippen LogP contribution in [0.5, 0.6) is 0 Å². The Labute approximate surface area is 180 Å². The number of carbonyl (C=O) groups excluding carboxylic acids is 2. The number of rotatable bonds is 4. The predicted molar refractivity (Wildman–Crippen MR) is 118 cm³/mol. The molecule has 8 heteroatoms. The lowest BCUT2D eigenvalue weighted by atomic mass is 9.91. The van der Waals surface area contributed by atoms with Crippen molar-refractivity contribution in [1.82, 2.24) is 25.4 Å². The van der Waals surface area contributed by atoms with Gasteiger partial charge < -0.3 is 15.1 Å². The van der Waals surface area contributed by atoms with Gasteiger partial charge in [-0.25, -0.2) is 4.98 Å². The predicted octanol–water partition coefficient (Wildman–Crippen LogP) is 2.30. The lowest BCUT2D eigenvalue weighted by molar-refractivity contribution is 0.0597. The van der Waals surface area contributed by atoms with Crippen molar-refractivity contribution in [2.45, 2.75) is 18.9 Å². The number of piperidine rings is 1. The van der Waals surface area contributed by atoms with Gasteiger partial charge in [-0.2, -0.15) is 5.10 Å². The fraction of sp³-hybridized carbons (Fsp3) is 0.391. The Balaban J connectivity index is 1.28. The first-order valence-electron chi connectivity index (χ1n) is 10.7. The van der Waals surface area contributed by atoms with Gasteiger partial charge in [0, 0.05) is 49.9 Å². The van der Waals surface area contributed by atoms with E-state index in [-0.39, 0.29) is 29.7 Å². The number of nitrogens with zero attached hydrogens (tertiary/aromatic N) is 4. The second kappa shape index (κ2) is 7.68. The summed E-state index contributed by atoms with van der Waals surface area (Å²) in [5, 5.41) is 10.8. The number of aromatic amines is 1. The highest BCUT2D eigenvalue weighted by Crippen LogP contribution is 2.37. The first kappa shape index (κ1) is 19.5. The van der Waals surface area contributed by atoms with Crippen LogP contribution < -0.4 is 10.2 Å². The molecule has 1 aliphatic heterocycles. The average Bonchev–Trinajstić information content (AvgIpc) is 3.33. The van der Waals surface area contributed by atoms with E-state index in [2.05, 4.69) is 20.5 Å². The van der Waals surface area contributed by atoms with E-state index in [1.165, 1.54) is 0 Å². The molecule has 2 fully saturated rings. The SMILES string of the molecule is CN(C)c1cccc(C(=O)N2C[C@H]3CC[C@@H](C2)C3NC(=O)c2ccc3cn[nH]c3n2)c1. The summed E-state index contributed by atoms with van der Waals surface area (Å²) in [7, 11) is 3.94. The third-order valence-corrected chi connectivity index (χ3v) is 6.56. The second-order valence-corrected chi connectivity index (χ2v) is 8.76. The van der Waals surface area contributed by atoms with Gasteiger partial charge in [0.25, 0.3) is 11.8 Å². The lowest BCUT2D eigenvalue weighted by Gasteiger charge is -2.38. The molecule has 1 unspecified atom stereocenters. The summed E-state index contributed by atoms with van der Waals surface area (Å²) in [5.41, 5.74) is 2.72. The molecule has 3 aromatic rings. The normalized spacial score (nSPS) is 22.5. The molecule has 3 heterocycles. The van der Waals surface area contributed by atoms with Crippen molar-refractivity contribution in [3.05, 3.63) is 53.9 Å². The Hall–Kier alpha value is -3.42. The summed E-state index contributed by atoms with van der Waals surface area (Å²) < 4.78 is 0. The Morgan fingerprint density at radius 1 is 1.13 bits per heavy atom. The third-order valence-electron chi connectivity index (χ3n) is 6.56. The van der Waals surface area contributed by atoms with Crippen molar-refractivity contribution in [1.29, 1.82) is 0 Å². The van der Waals surface area contributed by atoms with Crippen molar-refractivity contribution < 1.29 is 9.59 Å². The standard InChI is InChI=1S/C23H26N6O2/c1-28(2)18-5-3-4-14(10-18)23(31)29-12-16-6-7-17(13-29)20(16)26-22(30)19-9-8-15-11-24-27-21(15)25-19/h3-5,8-11,16-17,20H,6-7,12-13H2,1-2H3,(H,26,30)(H,24,25,27)/t16-,17+,20?. The van der Waals surface area contributed by atoms with E-state index < -0.39 is 0 Å². The minimum absolute atomic E-state index is 0.0664. The smallest absolute Gasteiger partial charge is 0.270 e. The molecule has 2 aromatic heterocycles. The summed E-state index contributed by atoms with van der Waals surface area (Å²) in [6, 6.07) is 11.4. The molecule has 1 aromatic carbocycles. The van der Waals surface area contributed by atoms with Crippen molar-refractivity contribution in [3.63, 3.8) is 0 Å². The number of amides is 2. The van der Waals surface area contributed by atoms with Crippen LogP contribution in [0.2, 0.25) is 0 Å². The van der Waals surface area contributed by atoms with Crippen LogP contribution in [0.1, 0.15) is 33.7 Å². The van der Waals surface area contributed by atoms with Crippen molar-refractivity contribution >= 4 is 28.5 Å². The van der Waals surface area contributed by atoms with Crippen molar-refractivity contribution in [3.8, 4) is 0 Å². The first-order chi connectivity index (χ1) is 15.0. The quantitative estimate of drug-likeness (QED) is 0.678. The Bertz CT molecular complexity index is 1130. The minimum atomic E-state index is -0.170. The highest BCUT2D eigenvalue weighted by atomic mass is 16.2. The van der Waals surface area contributed by atoms with E-state index in [1.807, 2.05) is 54.2 Å². The number of hydrogen-bond donors (Lipinski definition) is 2. The molecular formula is C23H26N6O2. The van der Waals surface area contributed by atoms with E-state index >= 15 is 0 Å². The number of benzene rings is 1. The maximum Gasteiger partial charge on any atom is 0.270 e. The highest BCUT2D eigenvalue weighted by molar-refractivity contribution is 5.96. The molecule has 31 heavy (non-hydrogen) atoms. The Kier molecular flexibility index (Phi) is 4.84. The van der Waals surface area contributed by atoms with Gasteiger partial charge in [-0.05, 0) is 55.0 Å². The Morgan fingerprint density at radius 3 is 2.65 bits per heavy atom. The largest absolute Gasteiger partial charge is 0.378 e. The topological polar surface area (TPSA) is 94.2 Å². The number of aromatic nitrogens is 3. The van der Waals surface area contributed by atoms with Crippen LogP contribution in [0.4, 0.5) is 5.69 Å². The zero-order valence-electron chi connectivity index (χ0n) is 17.7. The van der Waals surface area contributed by atoms with Gasteiger partial charge in [0.05, 0.1) is 6.20 Å². The second-order valence-electron chi connectivity index (χ2n) is 8.76. The van der Waals surface area contributed by atoms with E-state index in [1.54, 1.807) is 12.3 Å². The monoisotopic (exact) mass is 418 g/mol. The van der Waals surface area contributed by atoms with Crippen LogP contribution in [0.3, 0.4) is 0 Å². The zero-order valence-corrected chi connectivity index (χ0v) is 17.7. The van der Waals surface area contributed by atoms with Crippen molar-refractivity contribution in [2.24, 2.45) is 11.8 Å². The number of nitrogens with one attached hydrogen (secondary N) is 2. The van der Waals surface area contributed by atoms with E-state index in [9.17, 15) is 9.59 Å². The molecule has 2 bridgehead atoms. The number of likely N-dealkylation sites (tertiary alicyclic amines) is 1. The van der Waals surface area contributed by atoms with Crippen LogP contribution in [-0.4, -0.2) is 65.1 Å². The lowest BCUT2D eigenvalue weighted by Crippen LogP contribution is -2.54. The summed E-state index contributed by atoms with van der Waals surface area (Å²) in [6.07, 6.45) is 3.72.